The summed E-state index contributed by atoms with van der Waals surface area (Å²) in [5, 5.41) is 3.48. The summed E-state index contributed by atoms with van der Waals surface area (Å²) in [5.74, 6) is 0.911. The highest BCUT2D eigenvalue weighted by Gasteiger charge is 2.03. The van der Waals surface area contributed by atoms with Gasteiger partial charge in [0.25, 0.3) is 0 Å². The SMILES string of the molecule is COc1ccc(CCC(C)NCc2cnc[nH]2)cc1. The molecule has 0 saturated carbocycles. The molecule has 0 aliphatic heterocycles. The van der Waals surface area contributed by atoms with Gasteiger partial charge in [-0.25, -0.2) is 4.98 Å². The Morgan fingerprint density at radius 1 is 1.32 bits per heavy atom. The van der Waals surface area contributed by atoms with Gasteiger partial charge in [0.15, 0.2) is 0 Å². The molecule has 0 radical (unpaired) electrons. The van der Waals surface area contributed by atoms with Crippen LogP contribution >= 0.6 is 0 Å². The zero-order valence-electron chi connectivity index (χ0n) is 11.5. The fourth-order valence-corrected chi connectivity index (χ4v) is 1.94. The molecule has 1 aromatic heterocycles. The number of nitrogens with one attached hydrogen (secondary N) is 2. The Balaban J connectivity index is 1.71. The van der Waals surface area contributed by atoms with Crippen molar-refractivity contribution in [1.82, 2.24) is 15.3 Å². The van der Waals surface area contributed by atoms with Gasteiger partial charge < -0.3 is 15.0 Å². The third kappa shape index (κ3) is 4.41. The van der Waals surface area contributed by atoms with Crippen molar-refractivity contribution in [1.29, 1.82) is 0 Å². The maximum Gasteiger partial charge on any atom is 0.118 e. The lowest BCUT2D eigenvalue weighted by molar-refractivity contribution is 0.414. The van der Waals surface area contributed by atoms with Gasteiger partial charge in [0.1, 0.15) is 5.75 Å². The van der Waals surface area contributed by atoms with Gasteiger partial charge in [-0.3, -0.25) is 0 Å². The molecule has 102 valence electrons. The van der Waals surface area contributed by atoms with Crippen molar-refractivity contribution in [3.63, 3.8) is 0 Å². The van der Waals surface area contributed by atoms with Crippen molar-refractivity contribution in [2.45, 2.75) is 32.4 Å². The Labute approximate surface area is 114 Å². The van der Waals surface area contributed by atoms with E-state index in [1.807, 2.05) is 18.3 Å². The Hall–Kier alpha value is -1.81. The first-order chi connectivity index (χ1) is 9.28. The predicted molar refractivity (Wildman–Crippen MR) is 76.2 cm³/mol. The van der Waals surface area contributed by atoms with Crippen LogP contribution in [0.15, 0.2) is 36.8 Å². The molecule has 4 heteroatoms. The van der Waals surface area contributed by atoms with E-state index in [9.17, 15) is 0 Å². The quantitative estimate of drug-likeness (QED) is 0.803. The number of hydrogen-bond acceptors (Lipinski definition) is 3. The minimum Gasteiger partial charge on any atom is -0.497 e. The number of aromatic amines is 1. The lowest BCUT2D eigenvalue weighted by atomic mass is 10.1. The molecule has 2 rings (SSSR count). The summed E-state index contributed by atoms with van der Waals surface area (Å²) >= 11 is 0. The number of rotatable bonds is 7. The second kappa shape index (κ2) is 6.95. The van der Waals surface area contributed by atoms with E-state index in [1.54, 1.807) is 13.4 Å². The third-order valence-corrected chi connectivity index (χ3v) is 3.22. The Morgan fingerprint density at radius 2 is 2.11 bits per heavy atom. The lowest BCUT2D eigenvalue weighted by Crippen LogP contribution is -2.26. The predicted octanol–water partition coefficient (Wildman–Crippen LogP) is 2.53. The normalized spacial score (nSPS) is 12.3. The van der Waals surface area contributed by atoms with Crippen LogP contribution in [0, 0.1) is 0 Å². The van der Waals surface area contributed by atoms with Gasteiger partial charge in [-0.15, -0.1) is 0 Å². The van der Waals surface area contributed by atoms with Gasteiger partial charge in [0.2, 0.25) is 0 Å². The van der Waals surface area contributed by atoms with Crippen molar-refractivity contribution < 1.29 is 4.74 Å². The number of nitrogens with zero attached hydrogens (tertiary/aromatic N) is 1. The molecule has 19 heavy (non-hydrogen) atoms. The molecule has 0 aliphatic rings. The summed E-state index contributed by atoms with van der Waals surface area (Å²) in [6, 6.07) is 8.75. The lowest BCUT2D eigenvalue weighted by Gasteiger charge is -2.13. The van der Waals surface area contributed by atoms with E-state index in [0.29, 0.717) is 6.04 Å². The van der Waals surface area contributed by atoms with Crippen molar-refractivity contribution >= 4 is 0 Å². The molecule has 0 fully saturated rings. The molecule has 1 aromatic carbocycles. The molecule has 0 amide bonds. The van der Waals surface area contributed by atoms with Gasteiger partial charge in [-0.1, -0.05) is 12.1 Å². The second-order valence-electron chi connectivity index (χ2n) is 4.75. The van der Waals surface area contributed by atoms with Crippen LogP contribution in [0.3, 0.4) is 0 Å². The maximum atomic E-state index is 5.15. The van der Waals surface area contributed by atoms with E-state index in [1.165, 1.54) is 5.56 Å². The zero-order chi connectivity index (χ0) is 13.5. The van der Waals surface area contributed by atoms with E-state index in [0.717, 1.165) is 30.8 Å². The monoisotopic (exact) mass is 259 g/mol. The molecule has 0 bridgehead atoms. The number of benzene rings is 1. The van der Waals surface area contributed by atoms with Crippen LogP contribution in [-0.2, 0) is 13.0 Å². The molecular formula is C15H21N3O. The van der Waals surface area contributed by atoms with Crippen molar-refractivity contribution in [3.8, 4) is 5.75 Å². The molecule has 0 aliphatic carbocycles. The summed E-state index contributed by atoms with van der Waals surface area (Å²) in [6.07, 6.45) is 5.74. The van der Waals surface area contributed by atoms with Gasteiger partial charge in [0.05, 0.1) is 13.4 Å². The van der Waals surface area contributed by atoms with Gasteiger partial charge >= 0.3 is 0 Å². The van der Waals surface area contributed by atoms with E-state index >= 15 is 0 Å². The van der Waals surface area contributed by atoms with Gasteiger partial charge in [-0.05, 0) is 37.5 Å². The van der Waals surface area contributed by atoms with Crippen molar-refractivity contribution in [2.24, 2.45) is 0 Å². The molecule has 1 heterocycles. The summed E-state index contributed by atoms with van der Waals surface area (Å²) in [6.45, 7) is 3.05. The minimum atomic E-state index is 0.477. The molecule has 4 nitrogen and oxygen atoms in total. The largest absolute Gasteiger partial charge is 0.497 e. The van der Waals surface area contributed by atoms with E-state index in [2.05, 4.69) is 34.3 Å². The molecule has 1 unspecified atom stereocenters. The average Bonchev–Trinajstić information content (AvgIpc) is 2.96. The maximum absolute atomic E-state index is 5.15. The fourth-order valence-electron chi connectivity index (χ4n) is 1.94. The molecular weight excluding hydrogens is 238 g/mol. The number of imidazole rings is 1. The highest BCUT2D eigenvalue weighted by molar-refractivity contribution is 5.27. The van der Waals surface area contributed by atoms with Crippen molar-refractivity contribution in [2.75, 3.05) is 7.11 Å². The van der Waals surface area contributed by atoms with Crippen molar-refractivity contribution in [3.05, 3.63) is 48.0 Å². The number of H-pyrrole nitrogens is 1. The Kier molecular flexibility index (Phi) is 4.98. The fraction of sp³-hybridized carbons (Fsp3) is 0.400. The van der Waals surface area contributed by atoms with Crippen LogP contribution in [0.25, 0.3) is 0 Å². The second-order valence-corrected chi connectivity index (χ2v) is 4.75. The molecule has 0 spiro atoms. The van der Waals surface area contributed by atoms with E-state index in [4.69, 9.17) is 4.74 Å². The number of aryl methyl sites for hydroxylation is 1. The Morgan fingerprint density at radius 3 is 2.74 bits per heavy atom. The highest BCUT2D eigenvalue weighted by Crippen LogP contribution is 2.13. The van der Waals surface area contributed by atoms with Gasteiger partial charge in [0, 0.05) is 24.5 Å². The third-order valence-electron chi connectivity index (χ3n) is 3.22. The highest BCUT2D eigenvalue weighted by atomic mass is 16.5. The molecule has 1 atom stereocenters. The minimum absolute atomic E-state index is 0.477. The summed E-state index contributed by atoms with van der Waals surface area (Å²) < 4.78 is 5.15. The molecule has 2 aromatic rings. The number of hydrogen-bond donors (Lipinski definition) is 2. The average molecular weight is 259 g/mol. The number of methoxy groups -OCH3 is 1. The van der Waals surface area contributed by atoms with E-state index < -0.39 is 0 Å². The topological polar surface area (TPSA) is 49.9 Å². The van der Waals surface area contributed by atoms with Crippen LogP contribution in [-0.4, -0.2) is 23.1 Å². The standard InChI is InChI=1S/C15H21N3O/c1-12(17-10-14-9-16-11-18-14)3-4-13-5-7-15(19-2)8-6-13/h5-9,11-12,17H,3-4,10H2,1-2H3,(H,16,18). The first-order valence-electron chi connectivity index (χ1n) is 6.61. The smallest absolute Gasteiger partial charge is 0.118 e. The van der Waals surface area contributed by atoms with E-state index in [-0.39, 0.29) is 0 Å². The van der Waals surface area contributed by atoms with Crippen LogP contribution in [0.5, 0.6) is 5.75 Å². The van der Waals surface area contributed by atoms with Crippen LogP contribution < -0.4 is 10.1 Å². The molecule has 2 N–H and O–H groups in total. The summed E-state index contributed by atoms with van der Waals surface area (Å²) in [5.41, 5.74) is 2.47. The van der Waals surface area contributed by atoms with Gasteiger partial charge in [-0.2, -0.15) is 0 Å². The summed E-state index contributed by atoms with van der Waals surface area (Å²) in [7, 11) is 1.69. The first kappa shape index (κ1) is 13.6. The Bertz CT molecular complexity index is 465. The van der Waals surface area contributed by atoms with Crippen LogP contribution in [0.2, 0.25) is 0 Å². The summed E-state index contributed by atoms with van der Waals surface area (Å²) in [4.78, 5) is 7.09. The molecule has 0 saturated heterocycles. The number of ether oxygens (including phenoxy) is 1. The van der Waals surface area contributed by atoms with Crippen LogP contribution in [0.1, 0.15) is 24.6 Å². The van der Waals surface area contributed by atoms with Crippen LogP contribution in [0.4, 0.5) is 0 Å². The number of aromatic nitrogens is 2. The first-order valence-corrected chi connectivity index (χ1v) is 6.61. The zero-order valence-corrected chi connectivity index (χ0v) is 11.5.